The summed E-state index contributed by atoms with van der Waals surface area (Å²) in [6, 6.07) is 6.20. The van der Waals surface area contributed by atoms with Crippen LogP contribution in [0.5, 0.6) is 0 Å². The van der Waals surface area contributed by atoms with Gasteiger partial charge in [0.2, 0.25) is 0 Å². The maximum Gasteiger partial charge on any atom is 0.113 e. The van der Waals surface area contributed by atoms with E-state index in [9.17, 15) is 0 Å². The largest absolute Gasteiger partial charge is 0.384 e. The first kappa shape index (κ1) is 10.2. The molecule has 1 aromatic carbocycles. The molecule has 0 fully saturated rings. The lowest BCUT2D eigenvalue weighted by atomic mass is 10.2. The molecule has 15 heavy (non-hydrogen) atoms. The van der Waals surface area contributed by atoms with Crippen LogP contribution in [0.2, 0.25) is 5.02 Å². The second-order valence-corrected chi connectivity index (χ2v) is 4.19. The third-order valence-electron chi connectivity index (χ3n) is 2.51. The molecule has 3 N–H and O–H groups in total. The number of rotatable bonds is 1. The molecule has 1 atom stereocenters. The van der Waals surface area contributed by atoms with Crippen molar-refractivity contribution in [1.82, 2.24) is 5.43 Å². The van der Waals surface area contributed by atoms with Gasteiger partial charge in [0.25, 0.3) is 0 Å². The van der Waals surface area contributed by atoms with Crippen molar-refractivity contribution in [1.29, 1.82) is 0 Å². The fourth-order valence-corrected chi connectivity index (χ4v) is 1.82. The van der Waals surface area contributed by atoms with E-state index in [2.05, 4.69) is 12.3 Å². The Morgan fingerprint density at radius 2 is 2.20 bits per heavy atom. The third kappa shape index (κ3) is 1.88. The van der Waals surface area contributed by atoms with Gasteiger partial charge in [0.15, 0.2) is 0 Å². The molecule has 0 radical (unpaired) electrons. The Kier molecular flexibility index (Phi) is 2.49. The minimum absolute atomic E-state index is 0.240. The topological polar surface area (TPSA) is 41.3 Å². The fraction of sp³-hybridized carbons (Fsp3) is 0.273. The highest BCUT2D eigenvalue weighted by Gasteiger charge is 2.19. The Morgan fingerprint density at radius 3 is 2.73 bits per heavy atom. The lowest BCUT2D eigenvalue weighted by molar-refractivity contribution is 0.709. The molecule has 80 valence electrons. The lowest BCUT2D eigenvalue weighted by Crippen LogP contribution is -2.38. The second-order valence-electron chi connectivity index (χ2n) is 3.78. The molecule has 1 aliphatic heterocycles. The summed E-state index contributed by atoms with van der Waals surface area (Å²) in [7, 11) is 0. The summed E-state index contributed by atoms with van der Waals surface area (Å²) in [5, 5.41) is 2.76. The highest BCUT2D eigenvalue weighted by molar-refractivity contribution is 6.31. The number of hydrogen-bond donors (Lipinski definition) is 2. The molecule has 1 aliphatic rings. The van der Waals surface area contributed by atoms with E-state index in [1.165, 1.54) is 0 Å². The van der Waals surface area contributed by atoms with Crippen LogP contribution < -0.4 is 16.2 Å². The van der Waals surface area contributed by atoms with E-state index in [0.29, 0.717) is 5.82 Å². The molecule has 4 heteroatoms. The van der Waals surface area contributed by atoms with Crippen LogP contribution in [0, 0.1) is 6.92 Å². The van der Waals surface area contributed by atoms with Gasteiger partial charge in [-0.3, -0.25) is 10.4 Å². The Bertz CT molecular complexity index is 414. The normalized spacial score (nSPS) is 20.1. The van der Waals surface area contributed by atoms with Gasteiger partial charge in [-0.15, -0.1) is 0 Å². The van der Waals surface area contributed by atoms with Crippen molar-refractivity contribution >= 4 is 17.3 Å². The number of nitrogens with two attached hydrogens (primary N) is 1. The monoisotopic (exact) mass is 223 g/mol. The summed E-state index contributed by atoms with van der Waals surface area (Å²) < 4.78 is 0. The lowest BCUT2D eigenvalue weighted by Gasteiger charge is -2.24. The number of aryl methyl sites for hydroxylation is 1. The fourth-order valence-electron chi connectivity index (χ4n) is 1.64. The van der Waals surface area contributed by atoms with E-state index in [1.54, 1.807) is 0 Å². The average Bonchev–Trinajstić information content (AvgIpc) is 2.50. The van der Waals surface area contributed by atoms with Gasteiger partial charge in [-0.05, 0) is 37.6 Å². The number of benzene rings is 1. The van der Waals surface area contributed by atoms with Crippen molar-refractivity contribution < 1.29 is 0 Å². The quantitative estimate of drug-likeness (QED) is 0.767. The van der Waals surface area contributed by atoms with Crippen LogP contribution in [0.15, 0.2) is 30.1 Å². The zero-order valence-corrected chi connectivity index (χ0v) is 9.55. The molecule has 0 saturated carbocycles. The summed E-state index contributed by atoms with van der Waals surface area (Å²) in [5.41, 5.74) is 10.9. The van der Waals surface area contributed by atoms with Gasteiger partial charge >= 0.3 is 0 Å². The number of nitrogens with one attached hydrogen (secondary N) is 1. The summed E-state index contributed by atoms with van der Waals surface area (Å²) in [5.74, 6) is 0.680. The van der Waals surface area contributed by atoms with Crippen molar-refractivity contribution in [2.24, 2.45) is 5.73 Å². The molecule has 1 unspecified atom stereocenters. The Morgan fingerprint density at radius 1 is 1.47 bits per heavy atom. The van der Waals surface area contributed by atoms with Crippen LogP contribution >= 0.6 is 11.6 Å². The average molecular weight is 224 g/mol. The molecule has 0 saturated heterocycles. The molecule has 0 amide bonds. The summed E-state index contributed by atoms with van der Waals surface area (Å²) in [6.45, 7) is 4.06. The van der Waals surface area contributed by atoms with E-state index >= 15 is 0 Å². The Hall–Kier alpha value is -1.35. The van der Waals surface area contributed by atoms with Crippen LogP contribution in [0.1, 0.15) is 12.5 Å². The first-order valence-electron chi connectivity index (χ1n) is 4.87. The van der Waals surface area contributed by atoms with Gasteiger partial charge in [0.05, 0.1) is 11.7 Å². The number of hydrogen-bond acceptors (Lipinski definition) is 3. The van der Waals surface area contributed by atoms with E-state index in [0.717, 1.165) is 16.3 Å². The predicted molar refractivity (Wildman–Crippen MR) is 63.5 cm³/mol. The number of hydrazine groups is 1. The zero-order valence-electron chi connectivity index (χ0n) is 8.79. The van der Waals surface area contributed by atoms with Crippen molar-refractivity contribution in [2.75, 3.05) is 5.01 Å². The van der Waals surface area contributed by atoms with E-state index < -0.39 is 0 Å². The molecule has 2 rings (SSSR count). The van der Waals surface area contributed by atoms with E-state index in [-0.39, 0.29) is 6.04 Å². The molecular weight excluding hydrogens is 210 g/mol. The van der Waals surface area contributed by atoms with Gasteiger partial charge in [-0.2, -0.15) is 0 Å². The number of nitrogens with zero attached hydrogens (tertiary/aromatic N) is 1. The predicted octanol–water partition coefficient (Wildman–Crippen LogP) is 2.16. The molecular formula is C11H14ClN3. The minimum Gasteiger partial charge on any atom is -0.384 e. The highest BCUT2D eigenvalue weighted by atomic mass is 35.5. The first-order valence-corrected chi connectivity index (χ1v) is 5.25. The van der Waals surface area contributed by atoms with Gasteiger partial charge in [0, 0.05) is 5.02 Å². The van der Waals surface area contributed by atoms with E-state index in [1.807, 2.05) is 36.2 Å². The van der Waals surface area contributed by atoms with Gasteiger partial charge in [-0.1, -0.05) is 17.7 Å². The van der Waals surface area contributed by atoms with Crippen molar-refractivity contribution in [3.05, 3.63) is 40.7 Å². The Labute approximate surface area is 94.5 Å². The van der Waals surface area contributed by atoms with Gasteiger partial charge < -0.3 is 5.73 Å². The van der Waals surface area contributed by atoms with Gasteiger partial charge in [-0.25, -0.2) is 0 Å². The van der Waals surface area contributed by atoms with Crippen molar-refractivity contribution in [3.63, 3.8) is 0 Å². The Balaban J connectivity index is 2.28. The third-order valence-corrected chi connectivity index (χ3v) is 2.92. The first-order chi connectivity index (χ1) is 7.08. The van der Waals surface area contributed by atoms with Crippen molar-refractivity contribution in [3.8, 4) is 0 Å². The van der Waals surface area contributed by atoms with Gasteiger partial charge in [0.1, 0.15) is 5.82 Å². The smallest absolute Gasteiger partial charge is 0.113 e. The molecule has 0 bridgehead atoms. The summed E-state index contributed by atoms with van der Waals surface area (Å²) in [6.07, 6.45) is 1.97. The maximum absolute atomic E-state index is 6.07. The van der Waals surface area contributed by atoms with Crippen molar-refractivity contribution in [2.45, 2.75) is 19.9 Å². The molecule has 0 spiro atoms. The SMILES string of the molecule is Cc1ccc(N2NC(N)=CC2C)cc1Cl. The number of anilines is 1. The molecule has 3 nitrogen and oxygen atoms in total. The van der Waals surface area contributed by atoms with Crippen LogP contribution in [-0.2, 0) is 0 Å². The maximum atomic E-state index is 6.07. The molecule has 0 aliphatic carbocycles. The standard InChI is InChI=1S/C11H14ClN3/c1-7-3-4-9(6-10(7)12)15-8(2)5-11(13)14-15/h3-6,8,14H,13H2,1-2H3. The summed E-state index contributed by atoms with van der Waals surface area (Å²) >= 11 is 6.07. The van der Waals surface area contributed by atoms with Crippen LogP contribution in [-0.4, -0.2) is 6.04 Å². The molecule has 1 heterocycles. The molecule has 1 aromatic rings. The number of halogens is 1. The molecule has 0 aromatic heterocycles. The van der Waals surface area contributed by atoms with E-state index in [4.69, 9.17) is 17.3 Å². The van der Waals surface area contributed by atoms with Crippen LogP contribution in [0.25, 0.3) is 0 Å². The summed E-state index contributed by atoms with van der Waals surface area (Å²) in [4.78, 5) is 0. The van der Waals surface area contributed by atoms with Crippen LogP contribution in [0.3, 0.4) is 0 Å². The zero-order chi connectivity index (χ0) is 11.0. The second kappa shape index (κ2) is 3.66. The van der Waals surface area contributed by atoms with Crippen LogP contribution in [0.4, 0.5) is 5.69 Å². The minimum atomic E-state index is 0.240. The highest BCUT2D eigenvalue weighted by Crippen LogP contribution is 2.25.